The van der Waals surface area contributed by atoms with E-state index in [9.17, 15) is 9.59 Å². The van der Waals surface area contributed by atoms with Gasteiger partial charge in [-0.3, -0.25) is 14.9 Å². The lowest BCUT2D eigenvalue weighted by molar-refractivity contribution is 0.101. The van der Waals surface area contributed by atoms with Crippen molar-refractivity contribution in [3.8, 4) is 0 Å². The largest absolute Gasteiger partial charge is 0.338 e. The molecule has 1 N–H and O–H groups in total. The van der Waals surface area contributed by atoms with Gasteiger partial charge < -0.3 is 4.52 Å². The molecule has 0 fully saturated rings. The van der Waals surface area contributed by atoms with Gasteiger partial charge in [-0.2, -0.15) is 0 Å². The highest BCUT2D eigenvalue weighted by Crippen LogP contribution is 2.27. The fourth-order valence-corrected chi connectivity index (χ4v) is 3.19. The third-order valence-electron chi connectivity index (χ3n) is 4.63. The van der Waals surface area contributed by atoms with Crippen molar-refractivity contribution in [2.45, 2.75) is 25.7 Å². The maximum absolute atomic E-state index is 12.5. The van der Waals surface area contributed by atoms with Crippen LogP contribution in [0.5, 0.6) is 0 Å². The number of hydrogen-bond acceptors (Lipinski definition) is 4. The number of anilines is 1. The second-order valence-electron chi connectivity index (χ2n) is 6.37. The van der Waals surface area contributed by atoms with E-state index >= 15 is 0 Å². The van der Waals surface area contributed by atoms with E-state index in [2.05, 4.69) is 10.5 Å². The van der Waals surface area contributed by atoms with Crippen LogP contribution in [0.15, 0.2) is 59.1 Å². The minimum Gasteiger partial charge on any atom is -0.338 e. The number of rotatable bonds is 4. The van der Waals surface area contributed by atoms with Crippen LogP contribution in [0.4, 0.5) is 5.88 Å². The number of fused-ring (bicyclic) bond motifs is 1. The molecule has 0 aliphatic heterocycles. The summed E-state index contributed by atoms with van der Waals surface area (Å²) >= 11 is 0. The molecular weight excluding hydrogens is 328 g/mol. The number of amides is 1. The Morgan fingerprint density at radius 2 is 1.50 bits per heavy atom. The molecule has 0 unspecified atom stereocenters. The highest BCUT2D eigenvalue weighted by Gasteiger charge is 2.21. The molecule has 0 saturated carbocycles. The lowest BCUT2D eigenvalue weighted by atomic mass is 9.97. The predicted octanol–water partition coefficient (Wildman–Crippen LogP) is 4.04. The molecule has 0 bridgehead atoms. The highest BCUT2D eigenvalue weighted by atomic mass is 16.5. The summed E-state index contributed by atoms with van der Waals surface area (Å²) in [5.41, 5.74) is 3.58. The molecule has 0 atom stereocenters. The van der Waals surface area contributed by atoms with Crippen LogP contribution in [0.25, 0.3) is 0 Å². The van der Waals surface area contributed by atoms with Gasteiger partial charge in [0.25, 0.3) is 5.91 Å². The summed E-state index contributed by atoms with van der Waals surface area (Å²) in [4.78, 5) is 24.9. The molecule has 0 saturated heterocycles. The lowest BCUT2D eigenvalue weighted by Gasteiger charge is -2.09. The van der Waals surface area contributed by atoms with Gasteiger partial charge in [0.2, 0.25) is 5.88 Å². The number of carbonyl (C=O) groups excluding carboxylic acids is 2. The van der Waals surface area contributed by atoms with Crippen LogP contribution in [-0.2, 0) is 12.8 Å². The van der Waals surface area contributed by atoms with Crippen molar-refractivity contribution in [1.82, 2.24) is 5.16 Å². The molecule has 26 heavy (non-hydrogen) atoms. The van der Waals surface area contributed by atoms with E-state index in [1.165, 1.54) is 0 Å². The quantitative estimate of drug-likeness (QED) is 0.724. The van der Waals surface area contributed by atoms with Crippen molar-refractivity contribution < 1.29 is 14.1 Å². The van der Waals surface area contributed by atoms with E-state index in [-0.39, 0.29) is 11.7 Å². The SMILES string of the molecule is O=C(Nc1onc2c1CCCC2)c1ccc(C(=O)c2ccccc2)cc1. The first kappa shape index (κ1) is 16.3. The van der Waals surface area contributed by atoms with E-state index in [1.807, 2.05) is 18.2 Å². The van der Waals surface area contributed by atoms with Gasteiger partial charge in [0.05, 0.1) is 5.69 Å². The molecule has 4 rings (SSSR count). The van der Waals surface area contributed by atoms with Crippen LogP contribution in [-0.4, -0.2) is 16.8 Å². The van der Waals surface area contributed by atoms with Gasteiger partial charge in [-0.25, -0.2) is 0 Å². The Hall–Kier alpha value is -3.21. The second-order valence-corrected chi connectivity index (χ2v) is 6.37. The van der Waals surface area contributed by atoms with Crippen molar-refractivity contribution in [3.05, 3.63) is 82.5 Å². The molecule has 2 aromatic carbocycles. The molecule has 3 aromatic rings. The molecule has 130 valence electrons. The first-order valence-electron chi connectivity index (χ1n) is 8.71. The predicted molar refractivity (Wildman–Crippen MR) is 97.4 cm³/mol. The zero-order valence-electron chi connectivity index (χ0n) is 14.2. The zero-order valence-corrected chi connectivity index (χ0v) is 14.2. The third-order valence-corrected chi connectivity index (χ3v) is 4.63. The van der Waals surface area contributed by atoms with Gasteiger partial charge >= 0.3 is 0 Å². The molecular formula is C21H18N2O3. The minimum atomic E-state index is -0.270. The van der Waals surface area contributed by atoms with Crippen LogP contribution in [0.3, 0.4) is 0 Å². The van der Waals surface area contributed by atoms with Gasteiger partial charge in [0.15, 0.2) is 5.78 Å². The van der Waals surface area contributed by atoms with Gasteiger partial charge in [0, 0.05) is 22.3 Å². The minimum absolute atomic E-state index is 0.0677. The van der Waals surface area contributed by atoms with Crippen molar-refractivity contribution in [3.63, 3.8) is 0 Å². The van der Waals surface area contributed by atoms with Gasteiger partial charge in [-0.05, 0) is 37.8 Å². The van der Waals surface area contributed by atoms with Crippen molar-refractivity contribution in [2.75, 3.05) is 5.32 Å². The van der Waals surface area contributed by atoms with E-state index in [1.54, 1.807) is 36.4 Å². The monoisotopic (exact) mass is 346 g/mol. The summed E-state index contributed by atoms with van der Waals surface area (Å²) in [6.07, 6.45) is 3.95. The van der Waals surface area contributed by atoms with Crippen molar-refractivity contribution >= 4 is 17.6 Å². The summed E-state index contributed by atoms with van der Waals surface area (Å²) in [5.74, 6) is 0.101. The summed E-state index contributed by atoms with van der Waals surface area (Å²) in [5, 5.41) is 6.83. The third kappa shape index (κ3) is 3.16. The Bertz CT molecular complexity index is 943. The average Bonchev–Trinajstić information content (AvgIpc) is 3.11. The summed E-state index contributed by atoms with van der Waals surface area (Å²) in [7, 11) is 0. The first-order chi connectivity index (χ1) is 12.7. The summed E-state index contributed by atoms with van der Waals surface area (Å²) < 4.78 is 5.29. The first-order valence-corrected chi connectivity index (χ1v) is 8.71. The van der Waals surface area contributed by atoms with E-state index < -0.39 is 0 Å². The van der Waals surface area contributed by atoms with E-state index in [4.69, 9.17) is 4.52 Å². The summed E-state index contributed by atoms with van der Waals surface area (Å²) in [6, 6.07) is 15.7. The average molecular weight is 346 g/mol. The molecule has 5 heteroatoms. The van der Waals surface area contributed by atoms with Crippen molar-refractivity contribution in [1.29, 1.82) is 0 Å². The summed E-state index contributed by atoms with van der Waals surface area (Å²) in [6.45, 7) is 0. The highest BCUT2D eigenvalue weighted by molar-refractivity contribution is 6.10. The Kier molecular flexibility index (Phi) is 4.35. The second kappa shape index (κ2) is 6.96. The lowest BCUT2D eigenvalue weighted by Crippen LogP contribution is -2.14. The Morgan fingerprint density at radius 1 is 0.846 bits per heavy atom. The number of hydrogen-bond donors (Lipinski definition) is 1. The van der Waals surface area contributed by atoms with Gasteiger partial charge in [-0.15, -0.1) is 0 Å². The van der Waals surface area contributed by atoms with Gasteiger partial charge in [0.1, 0.15) is 0 Å². The molecule has 0 radical (unpaired) electrons. The van der Waals surface area contributed by atoms with Crippen LogP contribution >= 0.6 is 0 Å². The number of benzene rings is 2. The maximum atomic E-state index is 12.5. The number of nitrogens with zero attached hydrogens (tertiary/aromatic N) is 1. The van der Waals surface area contributed by atoms with Crippen LogP contribution in [0.1, 0.15) is 50.4 Å². The Labute approximate surface area is 151 Å². The Morgan fingerprint density at radius 3 is 2.27 bits per heavy atom. The van der Waals surface area contributed by atoms with E-state index in [0.717, 1.165) is 36.9 Å². The topological polar surface area (TPSA) is 72.2 Å². The molecule has 1 aromatic heterocycles. The number of aryl methyl sites for hydroxylation is 1. The van der Waals surface area contributed by atoms with Crippen LogP contribution in [0.2, 0.25) is 0 Å². The standard InChI is InChI=1S/C21H18N2O3/c24-19(14-6-2-1-3-7-14)15-10-12-16(13-11-15)20(25)22-21-17-8-4-5-9-18(17)23-26-21/h1-3,6-7,10-13H,4-5,8-9H2,(H,22,25). The van der Waals surface area contributed by atoms with Crippen LogP contribution in [0, 0.1) is 0 Å². The number of ketones is 1. The zero-order chi connectivity index (χ0) is 17.9. The number of aromatic nitrogens is 1. The Balaban J connectivity index is 1.49. The van der Waals surface area contributed by atoms with Gasteiger partial charge in [-0.1, -0.05) is 47.6 Å². The smallest absolute Gasteiger partial charge is 0.258 e. The van der Waals surface area contributed by atoms with E-state index in [0.29, 0.717) is 22.6 Å². The molecule has 1 amide bonds. The van der Waals surface area contributed by atoms with Crippen molar-refractivity contribution in [2.24, 2.45) is 0 Å². The molecule has 1 aliphatic rings. The maximum Gasteiger partial charge on any atom is 0.258 e. The number of carbonyl (C=O) groups is 2. The fourth-order valence-electron chi connectivity index (χ4n) is 3.19. The molecule has 5 nitrogen and oxygen atoms in total. The van der Waals surface area contributed by atoms with Crippen LogP contribution < -0.4 is 5.32 Å². The molecule has 1 aliphatic carbocycles. The fraction of sp³-hybridized carbons (Fsp3) is 0.190. The normalized spacial score (nSPS) is 13.1. The number of nitrogens with one attached hydrogen (secondary N) is 1. The molecule has 0 spiro atoms. The molecule has 1 heterocycles.